The number of alkyl halides is 3. The standard InChI is InChI=1S/C29H42F3N3O2/c30-29(31,32)37-25-12-10-21(11-13-25)28(36)33-14-4-1-2-5-15-34-17-7-8-22-18-23-19-24(27(22)34)20-35-16-6-3-9-26(23)35/h10-13,22-24,26-27H,1-9,14-20H2,(H,33,36)/t22-,23+,24-,26+,27+/m0/s1. The molecule has 5 atom stereocenters. The van der Waals surface area contributed by atoms with E-state index in [9.17, 15) is 18.0 Å². The minimum atomic E-state index is -4.73. The Kier molecular flexibility index (Phi) is 8.64. The molecule has 1 aromatic carbocycles. The number of carbonyl (C=O) groups is 1. The SMILES string of the molecule is O=C(NCCCCCCN1CCC[C@H]2C[C@@H]3C[C@@H](CN4CCCC[C@H]34)[C@@H]21)c1ccc(OC(F)(F)F)cc1. The van der Waals surface area contributed by atoms with Crippen molar-refractivity contribution in [3.05, 3.63) is 29.8 Å². The van der Waals surface area contributed by atoms with Crippen LogP contribution in [0.3, 0.4) is 0 Å². The summed E-state index contributed by atoms with van der Waals surface area (Å²) in [5, 5.41) is 2.87. The van der Waals surface area contributed by atoms with Gasteiger partial charge in [-0.1, -0.05) is 19.3 Å². The van der Waals surface area contributed by atoms with Gasteiger partial charge in [0.25, 0.3) is 5.91 Å². The maximum absolute atomic E-state index is 12.3. The minimum Gasteiger partial charge on any atom is -0.406 e. The molecule has 5 rings (SSSR count). The Hall–Kier alpha value is -1.80. The van der Waals surface area contributed by atoms with Crippen molar-refractivity contribution < 1.29 is 22.7 Å². The number of hydrogen-bond donors (Lipinski definition) is 1. The molecule has 0 radical (unpaired) electrons. The predicted octanol–water partition coefficient (Wildman–Crippen LogP) is 5.85. The minimum absolute atomic E-state index is 0.267. The Morgan fingerprint density at radius 3 is 2.51 bits per heavy atom. The molecule has 1 saturated carbocycles. The van der Waals surface area contributed by atoms with Crippen LogP contribution in [0.2, 0.25) is 0 Å². The molecule has 0 aromatic heterocycles. The van der Waals surface area contributed by atoms with Crippen molar-refractivity contribution in [3.8, 4) is 5.75 Å². The van der Waals surface area contributed by atoms with Gasteiger partial charge in [0, 0.05) is 30.7 Å². The first kappa shape index (κ1) is 26.8. The van der Waals surface area contributed by atoms with Gasteiger partial charge in [0.05, 0.1) is 0 Å². The van der Waals surface area contributed by atoms with Crippen LogP contribution in [-0.2, 0) is 0 Å². The number of fused-ring (bicyclic) bond motifs is 6. The third-order valence-corrected chi connectivity index (χ3v) is 9.30. The smallest absolute Gasteiger partial charge is 0.406 e. The zero-order valence-electron chi connectivity index (χ0n) is 21.9. The summed E-state index contributed by atoms with van der Waals surface area (Å²) in [6.07, 6.45) is 9.56. The fraction of sp³-hybridized carbons (Fsp3) is 0.759. The number of hydrogen-bond acceptors (Lipinski definition) is 4. The Balaban J connectivity index is 0.995. The molecule has 37 heavy (non-hydrogen) atoms. The number of nitrogens with one attached hydrogen (secondary N) is 1. The molecule has 0 spiro atoms. The van der Waals surface area contributed by atoms with Gasteiger partial charge < -0.3 is 10.1 Å². The van der Waals surface area contributed by atoms with Crippen molar-refractivity contribution >= 4 is 5.91 Å². The van der Waals surface area contributed by atoms with E-state index in [1.165, 1.54) is 89.7 Å². The van der Waals surface area contributed by atoms with E-state index in [0.29, 0.717) is 12.1 Å². The molecule has 3 saturated heterocycles. The number of benzene rings is 1. The third-order valence-electron chi connectivity index (χ3n) is 9.30. The first-order valence-corrected chi connectivity index (χ1v) is 14.5. The highest BCUT2D eigenvalue weighted by Crippen LogP contribution is 2.48. The van der Waals surface area contributed by atoms with Crippen LogP contribution in [0.25, 0.3) is 0 Å². The van der Waals surface area contributed by atoms with Crippen LogP contribution < -0.4 is 10.1 Å². The number of ether oxygens (including phenoxy) is 1. The molecule has 8 heteroatoms. The molecular weight excluding hydrogens is 479 g/mol. The lowest BCUT2D eigenvalue weighted by atomic mass is 9.62. The van der Waals surface area contributed by atoms with E-state index in [4.69, 9.17) is 0 Å². The second-order valence-corrected chi connectivity index (χ2v) is 11.7. The van der Waals surface area contributed by atoms with Crippen molar-refractivity contribution in [1.29, 1.82) is 0 Å². The number of unbranched alkanes of at least 4 members (excludes halogenated alkanes) is 3. The van der Waals surface area contributed by atoms with Crippen LogP contribution in [0, 0.1) is 17.8 Å². The van der Waals surface area contributed by atoms with Crippen LogP contribution in [0.4, 0.5) is 13.2 Å². The van der Waals surface area contributed by atoms with E-state index in [2.05, 4.69) is 19.9 Å². The van der Waals surface area contributed by atoms with Gasteiger partial charge in [0.1, 0.15) is 5.75 Å². The van der Waals surface area contributed by atoms with Crippen LogP contribution in [0.1, 0.15) is 81.0 Å². The second-order valence-electron chi connectivity index (χ2n) is 11.7. The third kappa shape index (κ3) is 6.80. The van der Waals surface area contributed by atoms with E-state index < -0.39 is 6.36 Å². The number of rotatable bonds is 9. The molecule has 3 aliphatic heterocycles. The number of nitrogens with zero attached hydrogens (tertiary/aromatic N) is 2. The van der Waals surface area contributed by atoms with E-state index >= 15 is 0 Å². The summed E-state index contributed by atoms with van der Waals surface area (Å²) >= 11 is 0. The molecule has 4 fully saturated rings. The summed E-state index contributed by atoms with van der Waals surface area (Å²) in [6.45, 7) is 5.69. The van der Waals surface area contributed by atoms with Crippen LogP contribution >= 0.6 is 0 Å². The van der Waals surface area contributed by atoms with Crippen LogP contribution in [0.15, 0.2) is 24.3 Å². The van der Waals surface area contributed by atoms with Gasteiger partial charge in [0.2, 0.25) is 0 Å². The average Bonchev–Trinajstić information content (AvgIpc) is 2.87. The number of piperidine rings is 3. The van der Waals surface area contributed by atoms with E-state index in [1.54, 1.807) is 0 Å². The lowest BCUT2D eigenvalue weighted by Gasteiger charge is -2.58. The van der Waals surface area contributed by atoms with Crippen molar-refractivity contribution in [1.82, 2.24) is 15.1 Å². The second kappa shape index (κ2) is 11.9. The molecule has 1 aromatic rings. The summed E-state index contributed by atoms with van der Waals surface area (Å²) < 4.78 is 40.7. The van der Waals surface area contributed by atoms with Crippen molar-refractivity contribution in [2.24, 2.45) is 17.8 Å². The topological polar surface area (TPSA) is 44.8 Å². The Morgan fingerprint density at radius 2 is 1.70 bits per heavy atom. The Morgan fingerprint density at radius 1 is 0.919 bits per heavy atom. The molecule has 0 unspecified atom stereocenters. The summed E-state index contributed by atoms with van der Waals surface area (Å²) in [5.41, 5.74) is 0.336. The predicted molar refractivity (Wildman–Crippen MR) is 137 cm³/mol. The fourth-order valence-corrected chi connectivity index (χ4v) is 7.87. The lowest BCUT2D eigenvalue weighted by molar-refractivity contribution is -0.274. The largest absolute Gasteiger partial charge is 0.573 e. The molecule has 5 nitrogen and oxygen atoms in total. The fourth-order valence-electron chi connectivity index (χ4n) is 7.87. The van der Waals surface area contributed by atoms with E-state index in [-0.39, 0.29) is 11.7 Å². The first-order valence-electron chi connectivity index (χ1n) is 14.5. The monoisotopic (exact) mass is 521 g/mol. The molecule has 206 valence electrons. The van der Waals surface area contributed by atoms with Crippen LogP contribution in [0.5, 0.6) is 5.75 Å². The van der Waals surface area contributed by atoms with E-state index in [0.717, 1.165) is 61.2 Å². The highest BCUT2D eigenvalue weighted by molar-refractivity contribution is 5.94. The van der Waals surface area contributed by atoms with Gasteiger partial charge in [-0.2, -0.15) is 0 Å². The van der Waals surface area contributed by atoms with Gasteiger partial charge in [-0.15, -0.1) is 13.2 Å². The number of halogens is 3. The van der Waals surface area contributed by atoms with Crippen molar-refractivity contribution in [3.63, 3.8) is 0 Å². The van der Waals surface area contributed by atoms with E-state index in [1.807, 2.05) is 0 Å². The number of likely N-dealkylation sites (tertiary alicyclic amines) is 1. The first-order chi connectivity index (χ1) is 17.9. The molecule has 1 amide bonds. The molecule has 4 aliphatic rings. The summed E-state index contributed by atoms with van der Waals surface area (Å²) in [4.78, 5) is 18.0. The van der Waals surface area contributed by atoms with Gasteiger partial charge in [-0.3, -0.25) is 14.6 Å². The zero-order chi connectivity index (χ0) is 25.8. The highest BCUT2D eigenvalue weighted by atomic mass is 19.4. The summed E-state index contributed by atoms with van der Waals surface area (Å²) in [7, 11) is 0. The van der Waals surface area contributed by atoms with Gasteiger partial charge in [0.15, 0.2) is 0 Å². The molecule has 3 heterocycles. The normalized spacial score (nSPS) is 30.3. The Bertz CT molecular complexity index is 893. The molecule has 2 bridgehead atoms. The van der Waals surface area contributed by atoms with Crippen molar-refractivity contribution in [2.45, 2.75) is 89.1 Å². The Labute approximate surface area is 219 Å². The lowest BCUT2D eigenvalue weighted by Crippen LogP contribution is -2.62. The summed E-state index contributed by atoms with van der Waals surface area (Å²) in [5.74, 6) is 2.13. The van der Waals surface area contributed by atoms with Crippen molar-refractivity contribution in [2.75, 3.05) is 32.7 Å². The average molecular weight is 522 g/mol. The summed E-state index contributed by atoms with van der Waals surface area (Å²) in [6, 6.07) is 6.71. The zero-order valence-corrected chi connectivity index (χ0v) is 21.9. The highest BCUT2D eigenvalue weighted by Gasteiger charge is 2.49. The number of amides is 1. The molecule has 1 N–H and O–H groups in total. The van der Waals surface area contributed by atoms with Gasteiger partial charge >= 0.3 is 6.36 Å². The molecular formula is C29H42F3N3O2. The quantitative estimate of drug-likeness (QED) is 0.414. The maximum Gasteiger partial charge on any atom is 0.573 e. The van der Waals surface area contributed by atoms with Gasteiger partial charge in [-0.25, -0.2) is 0 Å². The molecule has 1 aliphatic carbocycles. The maximum atomic E-state index is 12.3. The number of carbonyl (C=O) groups excluding carboxylic acids is 1. The van der Waals surface area contributed by atoms with Gasteiger partial charge in [-0.05, 0) is 113 Å². The van der Waals surface area contributed by atoms with Crippen LogP contribution in [-0.4, -0.2) is 66.9 Å².